The van der Waals surface area contributed by atoms with Crippen LogP contribution in [0.1, 0.15) is 29.3 Å². The van der Waals surface area contributed by atoms with Gasteiger partial charge in [0, 0.05) is 43.3 Å². The Hall–Kier alpha value is -1.67. The molecule has 7 nitrogen and oxygen atoms in total. The van der Waals surface area contributed by atoms with Crippen molar-refractivity contribution in [3.8, 4) is 5.75 Å². The third kappa shape index (κ3) is 4.70. The van der Waals surface area contributed by atoms with Crippen molar-refractivity contribution in [3.63, 3.8) is 0 Å². The highest BCUT2D eigenvalue weighted by atomic mass is 16.5. The van der Waals surface area contributed by atoms with Gasteiger partial charge in [-0.2, -0.15) is 0 Å². The van der Waals surface area contributed by atoms with Gasteiger partial charge in [0.1, 0.15) is 12.4 Å². The summed E-state index contributed by atoms with van der Waals surface area (Å²) < 4.78 is 11.3. The lowest BCUT2D eigenvalue weighted by Crippen LogP contribution is -2.40. The average Bonchev–Trinajstić information content (AvgIpc) is 2.81. The van der Waals surface area contributed by atoms with E-state index in [9.17, 15) is 4.79 Å². The minimum atomic E-state index is -0.522. The lowest BCUT2D eigenvalue weighted by molar-refractivity contribution is 0.0350. The zero-order valence-electron chi connectivity index (χ0n) is 14.7. The number of ether oxygens (including phenoxy) is 2. The largest absolute Gasteiger partial charge is 0.492 e. The molecule has 1 amide bonds. The molecular formula is C18H27N3O4. The van der Waals surface area contributed by atoms with E-state index in [0.29, 0.717) is 18.2 Å². The van der Waals surface area contributed by atoms with Crippen LogP contribution >= 0.6 is 0 Å². The minimum absolute atomic E-state index is 0.312. The van der Waals surface area contributed by atoms with E-state index in [1.54, 1.807) is 17.6 Å². The fourth-order valence-corrected chi connectivity index (χ4v) is 3.34. The van der Waals surface area contributed by atoms with Crippen molar-refractivity contribution < 1.29 is 19.5 Å². The predicted octanol–water partition coefficient (Wildman–Crippen LogP) is 1.11. The molecule has 1 aromatic rings. The molecule has 2 N–H and O–H groups in total. The molecule has 1 fully saturated rings. The maximum atomic E-state index is 11.6. The van der Waals surface area contributed by atoms with E-state index >= 15 is 0 Å². The number of hydrogen-bond acceptors (Lipinski definition) is 6. The minimum Gasteiger partial charge on any atom is -0.492 e. The Morgan fingerprint density at radius 3 is 2.88 bits per heavy atom. The van der Waals surface area contributed by atoms with Crippen LogP contribution in [0.25, 0.3) is 0 Å². The van der Waals surface area contributed by atoms with Gasteiger partial charge in [0.05, 0.1) is 13.2 Å². The molecule has 1 aromatic carbocycles. The van der Waals surface area contributed by atoms with Crippen LogP contribution in [-0.2, 0) is 11.3 Å². The summed E-state index contributed by atoms with van der Waals surface area (Å²) in [5, 5.41) is 8.78. The van der Waals surface area contributed by atoms with Crippen molar-refractivity contribution in [2.75, 3.05) is 46.0 Å². The Labute approximate surface area is 148 Å². The maximum Gasteiger partial charge on any atom is 0.274 e. The first-order valence-corrected chi connectivity index (χ1v) is 8.91. The zero-order valence-corrected chi connectivity index (χ0v) is 14.7. The molecule has 0 bridgehead atoms. The van der Waals surface area contributed by atoms with Crippen molar-refractivity contribution in [1.29, 1.82) is 0 Å². The summed E-state index contributed by atoms with van der Waals surface area (Å²) in [6.45, 7) is 9.40. The maximum absolute atomic E-state index is 11.6. The van der Waals surface area contributed by atoms with Crippen LogP contribution in [0.15, 0.2) is 18.2 Å². The van der Waals surface area contributed by atoms with Crippen LogP contribution in [0.5, 0.6) is 5.75 Å². The van der Waals surface area contributed by atoms with Gasteiger partial charge in [-0.25, -0.2) is 5.48 Å². The lowest BCUT2D eigenvalue weighted by Gasteiger charge is -2.29. The number of amides is 1. The summed E-state index contributed by atoms with van der Waals surface area (Å²) >= 11 is 0. The highest BCUT2D eigenvalue weighted by Crippen LogP contribution is 2.26. The third-order valence-electron chi connectivity index (χ3n) is 4.93. The molecule has 2 aliphatic heterocycles. The molecule has 138 valence electrons. The van der Waals surface area contributed by atoms with Gasteiger partial charge in [-0.1, -0.05) is 6.07 Å². The van der Waals surface area contributed by atoms with Crippen molar-refractivity contribution in [1.82, 2.24) is 15.3 Å². The first kappa shape index (κ1) is 18.1. The number of fused-ring (bicyclic) bond motifs is 1. The molecule has 0 radical (unpaired) electrons. The number of nitrogens with one attached hydrogen (secondary N) is 1. The standard InChI is InChI=1S/C18H27N3O4/c1-14-13-25-17-11-15(18(22)19-23)3-4-16(17)12-21(14)6-2-5-20-7-9-24-10-8-20/h3-4,11,14,23H,2,5-10,12-13H2,1H3,(H,19,22)/t14-/m0/s1. The second kappa shape index (κ2) is 8.62. The van der Waals surface area contributed by atoms with Crippen molar-refractivity contribution in [3.05, 3.63) is 29.3 Å². The number of carbonyl (C=O) groups excluding carboxylic acids is 1. The van der Waals surface area contributed by atoms with E-state index in [4.69, 9.17) is 14.7 Å². The van der Waals surface area contributed by atoms with E-state index in [-0.39, 0.29) is 0 Å². The number of morpholine rings is 1. The summed E-state index contributed by atoms with van der Waals surface area (Å²) in [7, 11) is 0. The number of benzene rings is 1. The van der Waals surface area contributed by atoms with Gasteiger partial charge in [0.2, 0.25) is 0 Å². The number of hydroxylamine groups is 1. The Morgan fingerprint density at radius 1 is 1.32 bits per heavy atom. The van der Waals surface area contributed by atoms with Crippen LogP contribution in [0.4, 0.5) is 0 Å². The predicted molar refractivity (Wildman–Crippen MR) is 92.9 cm³/mol. The second-order valence-corrected chi connectivity index (χ2v) is 6.70. The fraction of sp³-hybridized carbons (Fsp3) is 0.611. The molecule has 2 heterocycles. The fourth-order valence-electron chi connectivity index (χ4n) is 3.34. The van der Waals surface area contributed by atoms with E-state index in [1.807, 2.05) is 6.07 Å². The van der Waals surface area contributed by atoms with E-state index in [1.165, 1.54) is 0 Å². The lowest BCUT2D eigenvalue weighted by atomic mass is 10.1. The molecule has 1 saturated heterocycles. The van der Waals surface area contributed by atoms with Crippen molar-refractivity contribution in [2.24, 2.45) is 0 Å². The Bertz CT molecular complexity index is 590. The second-order valence-electron chi connectivity index (χ2n) is 6.70. The summed E-state index contributed by atoms with van der Waals surface area (Å²) in [6.07, 6.45) is 1.12. The van der Waals surface area contributed by atoms with Crippen molar-refractivity contribution >= 4 is 5.91 Å². The monoisotopic (exact) mass is 349 g/mol. The molecule has 0 aromatic heterocycles. The normalized spacial score (nSPS) is 21.9. The van der Waals surface area contributed by atoms with Crippen LogP contribution in [0.2, 0.25) is 0 Å². The van der Waals surface area contributed by atoms with Crippen molar-refractivity contribution in [2.45, 2.75) is 25.9 Å². The molecule has 0 spiro atoms. The van der Waals surface area contributed by atoms with Crippen LogP contribution in [0, 0.1) is 0 Å². The molecular weight excluding hydrogens is 322 g/mol. The number of nitrogens with zero attached hydrogens (tertiary/aromatic N) is 2. The molecule has 7 heteroatoms. The highest BCUT2D eigenvalue weighted by Gasteiger charge is 2.22. The highest BCUT2D eigenvalue weighted by molar-refractivity contribution is 5.93. The van der Waals surface area contributed by atoms with E-state index in [0.717, 1.165) is 63.7 Å². The SMILES string of the molecule is C[C@H]1COc2cc(C(=O)NO)ccc2CN1CCCN1CCOCC1. The van der Waals surface area contributed by atoms with Crippen LogP contribution < -0.4 is 10.2 Å². The molecule has 0 aliphatic carbocycles. The molecule has 0 saturated carbocycles. The summed E-state index contributed by atoms with van der Waals surface area (Å²) in [6, 6.07) is 5.64. The first-order valence-electron chi connectivity index (χ1n) is 8.91. The van der Waals surface area contributed by atoms with E-state index in [2.05, 4.69) is 16.7 Å². The van der Waals surface area contributed by atoms with Gasteiger partial charge in [0.25, 0.3) is 5.91 Å². The van der Waals surface area contributed by atoms with Gasteiger partial charge in [-0.3, -0.25) is 19.8 Å². The van der Waals surface area contributed by atoms with Gasteiger partial charge in [-0.05, 0) is 32.0 Å². The topological polar surface area (TPSA) is 74.3 Å². The Morgan fingerprint density at radius 2 is 2.12 bits per heavy atom. The van der Waals surface area contributed by atoms with E-state index < -0.39 is 5.91 Å². The quantitative estimate of drug-likeness (QED) is 0.613. The van der Waals surface area contributed by atoms with Gasteiger partial charge < -0.3 is 9.47 Å². The third-order valence-corrected chi connectivity index (χ3v) is 4.93. The molecule has 25 heavy (non-hydrogen) atoms. The molecule has 1 atom stereocenters. The van der Waals surface area contributed by atoms with Gasteiger partial charge in [0.15, 0.2) is 0 Å². The summed E-state index contributed by atoms with van der Waals surface area (Å²) in [5.74, 6) is 0.203. The first-order chi connectivity index (χ1) is 12.2. The average molecular weight is 349 g/mol. The summed E-state index contributed by atoms with van der Waals surface area (Å²) in [5.41, 5.74) is 3.13. The summed E-state index contributed by atoms with van der Waals surface area (Å²) in [4.78, 5) is 16.4. The van der Waals surface area contributed by atoms with Crippen LogP contribution in [-0.4, -0.2) is 73.0 Å². The van der Waals surface area contributed by atoms with Gasteiger partial charge >= 0.3 is 0 Å². The number of rotatable bonds is 5. The van der Waals surface area contributed by atoms with Gasteiger partial charge in [-0.15, -0.1) is 0 Å². The molecule has 2 aliphatic rings. The smallest absolute Gasteiger partial charge is 0.274 e. The molecule has 0 unspecified atom stereocenters. The Balaban J connectivity index is 1.59. The number of hydrogen-bond donors (Lipinski definition) is 2. The van der Waals surface area contributed by atoms with Crippen LogP contribution in [0.3, 0.4) is 0 Å². The Kier molecular flexibility index (Phi) is 6.25. The zero-order chi connectivity index (χ0) is 17.6. The molecule has 3 rings (SSSR count). The number of carbonyl (C=O) groups is 1.